The number of imidazole rings is 1. The number of rotatable bonds is 3. The van der Waals surface area contributed by atoms with Crippen LogP contribution < -0.4 is 5.73 Å². The Hall–Kier alpha value is -2.05. The molecule has 7 nitrogen and oxygen atoms in total. The molecule has 0 aliphatic carbocycles. The Morgan fingerprint density at radius 1 is 1.53 bits per heavy atom. The number of aromatic nitrogens is 4. The zero-order valence-electron chi connectivity index (χ0n) is 10.1. The van der Waals surface area contributed by atoms with Crippen molar-refractivity contribution >= 4 is 23.1 Å². The summed E-state index contributed by atoms with van der Waals surface area (Å²) in [6.45, 7) is 2.04. The van der Waals surface area contributed by atoms with E-state index >= 15 is 0 Å². The standard InChI is InChI=1S/C10H15N5O2/c1-4-6-8-9(14(2)13-6)15(10(11)12-8)5-7(16)17-3/h4-5H2,1-3H3,(H2,11,12). The largest absolute Gasteiger partial charge is 0.468 e. The average Bonchev–Trinajstić information content (AvgIpc) is 2.78. The SMILES string of the molecule is CCc1nn(C)c2c1nc(N)n2CC(=O)OC. The fourth-order valence-corrected chi connectivity index (χ4v) is 1.85. The molecule has 0 bridgehead atoms. The third kappa shape index (κ3) is 1.73. The zero-order chi connectivity index (χ0) is 12.6. The molecule has 0 saturated heterocycles. The molecule has 0 radical (unpaired) electrons. The van der Waals surface area contributed by atoms with Crippen LogP contribution in [0, 0.1) is 0 Å². The van der Waals surface area contributed by atoms with Gasteiger partial charge in [-0.05, 0) is 6.42 Å². The number of anilines is 1. The summed E-state index contributed by atoms with van der Waals surface area (Å²) >= 11 is 0. The summed E-state index contributed by atoms with van der Waals surface area (Å²) in [6.07, 6.45) is 0.770. The van der Waals surface area contributed by atoms with Crippen LogP contribution in [0.3, 0.4) is 0 Å². The molecule has 0 saturated carbocycles. The van der Waals surface area contributed by atoms with Crippen molar-refractivity contribution in [2.24, 2.45) is 7.05 Å². The Balaban J connectivity index is 2.58. The van der Waals surface area contributed by atoms with Gasteiger partial charge in [0, 0.05) is 7.05 Å². The minimum absolute atomic E-state index is 0.0432. The smallest absolute Gasteiger partial charge is 0.325 e. The first-order valence-electron chi connectivity index (χ1n) is 5.32. The molecule has 0 aliphatic rings. The van der Waals surface area contributed by atoms with Crippen LogP contribution in [0.25, 0.3) is 11.2 Å². The van der Waals surface area contributed by atoms with Gasteiger partial charge in [0.05, 0.1) is 12.8 Å². The van der Waals surface area contributed by atoms with Gasteiger partial charge >= 0.3 is 5.97 Å². The van der Waals surface area contributed by atoms with Gasteiger partial charge in [-0.15, -0.1) is 0 Å². The highest BCUT2D eigenvalue weighted by molar-refractivity contribution is 5.80. The van der Waals surface area contributed by atoms with Gasteiger partial charge in [-0.3, -0.25) is 14.0 Å². The maximum Gasteiger partial charge on any atom is 0.325 e. The second-order valence-electron chi connectivity index (χ2n) is 3.73. The summed E-state index contributed by atoms with van der Waals surface area (Å²) < 4.78 is 7.91. The minimum Gasteiger partial charge on any atom is -0.468 e. The Kier molecular flexibility index (Phi) is 2.74. The number of fused-ring (bicyclic) bond motifs is 1. The quantitative estimate of drug-likeness (QED) is 0.764. The Bertz CT molecular complexity index is 569. The molecule has 92 valence electrons. The summed E-state index contributed by atoms with van der Waals surface area (Å²) in [6, 6.07) is 0. The maximum atomic E-state index is 11.3. The molecule has 0 aliphatic heterocycles. The highest BCUT2D eigenvalue weighted by atomic mass is 16.5. The van der Waals surface area contributed by atoms with E-state index in [-0.39, 0.29) is 12.5 Å². The van der Waals surface area contributed by atoms with Crippen molar-refractivity contribution in [2.75, 3.05) is 12.8 Å². The first-order chi connectivity index (χ1) is 8.08. The average molecular weight is 237 g/mol. The van der Waals surface area contributed by atoms with Crippen LogP contribution in [-0.4, -0.2) is 32.4 Å². The van der Waals surface area contributed by atoms with Crippen LogP contribution in [0.15, 0.2) is 0 Å². The van der Waals surface area contributed by atoms with E-state index in [4.69, 9.17) is 5.73 Å². The molecule has 2 aromatic rings. The predicted molar refractivity (Wildman–Crippen MR) is 62.3 cm³/mol. The topological polar surface area (TPSA) is 88.0 Å². The molecule has 2 aromatic heterocycles. The number of carbonyl (C=O) groups is 1. The van der Waals surface area contributed by atoms with E-state index in [1.165, 1.54) is 7.11 Å². The van der Waals surface area contributed by atoms with Crippen molar-refractivity contribution in [3.05, 3.63) is 5.69 Å². The predicted octanol–water partition coefficient (Wildman–Crippen LogP) is 0.0874. The zero-order valence-corrected chi connectivity index (χ0v) is 10.1. The van der Waals surface area contributed by atoms with Crippen LogP contribution in [0.5, 0.6) is 0 Å². The van der Waals surface area contributed by atoms with E-state index in [9.17, 15) is 4.79 Å². The van der Waals surface area contributed by atoms with Crippen molar-refractivity contribution in [1.29, 1.82) is 0 Å². The molecular formula is C10H15N5O2. The lowest BCUT2D eigenvalue weighted by molar-refractivity contribution is -0.141. The number of aryl methyl sites for hydroxylation is 2. The van der Waals surface area contributed by atoms with E-state index in [1.807, 2.05) is 6.92 Å². The number of carbonyl (C=O) groups excluding carboxylic acids is 1. The molecule has 0 aromatic carbocycles. The van der Waals surface area contributed by atoms with E-state index in [2.05, 4.69) is 14.8 Å². The van der Waals surface area contributed by atoms with Crippen LogP contribution in [0.2, 0.25) is 0 Å². The number of nitrogens with two attached hydrogens (primary N) is 1. The van der Waals surface area contributed by atoms with E-state index in [0.29, 0.717) is 5.95 Å². The number of ether oxygens (including phenoxy) is 1. The number of hydrogen-bond acceptors (Lipinski definition) is 5. The van der Waals surface area contributed by atoms with Crippen LogP contribution >= 0.6 is 0 Å². The van der Waals surface area contributed by atoms with Gasteiger partial charge in [-0.2, -0.15) is 5.10 Å². The first kappa shape index (κ1) is 11.4. The summed E-state index contributed by atoms with van der Waals surface area (Å²) in [7, 11) is 3.14. The van der Waals surface area contributed by atoms with Crippen LogP contribution in [-0.2, 0) is 29.5 Å². The highest BCUT2D eigenvalue weighted by Crippen LogP contribution is 2.21. The fourth-order valence-electron chi connectivity index (χ4n) is 1.85. The van der Waals surface area contributed by atoms with Crippen molar-refractivity contribution in [1.82, 2.24) is 19.3 Å². The summed E-state index contributed by atoms with van der Waals surface area (Å²) in [5.74, 6) is -0.0663. The molecule has 0 amide bonds. The summed E-state index contributed by atoms with van der Waals surface area (Å²) in [4.78, 5) is 15.5. The fraction of sp³-hybridized carbons (Fsp3) is 0.500. The van der Waals surface area contributed by atoms with Gasteiger partial charge in [0.25, 0.3) is 0 Å². The monoisotopic (exact) mass is 237 g/mol. The molecule has 7 heteroatoms. The van der Waals surface area contributed by atoms with Gasteiger partial charge in [-0.25, -0.2) is 4.98 Å². The number of methoxy groups -OCH3 is 1. The molecule has 17 heavy (non-hydrogen) atoms. The summed E-state index contributed by atoms with van der Waals surface area (Å²) in [5.41, 5.74) is 8.16. The van der Waals surface area contributed by atoms with Crippen LogP contribution in [0.1, 0.15) is 12.6 Å². The summed E-state index contributed by atoms with van der Waals surface area (Å²) in [5, 5.41) is 4.33. The number of nitrogen functional groups attached to an aromatic ring is 1. The number of nitrogens with zero attached hydrogens (tertiary/aromatic N) is 4. The third-order valence-electron chi connectivity index (χ3n) is 2.67. The molecule has 2 rings (SSSR count). The minimum atomic E-state index is -0.366. The van der Waals surface area contributed by atoms with Gasteiger partial charge in [0.2, 0.25) is 5.95 Å². The second-order valence-corrected chi connectivity index (χ2v) is 3.73. The van der Waals surface area contributed by atoms with Gasteiger partial charge in [0.15, 0.2) is 5.65 Å². The highest BCUT2D eigenvalue weighted by Gasteiger charge is 2.18. The third-order valence-corrected chi connectivity index (χ3v) is 2.67. The molecular weight excluding hydrogens is 222 g/mol. The van der Waals surface area contributed by atoms with Gasteiger partial charge in [-0.1, -0.05) is 6.92 Å². The molecule has 2 N–H and O–H groups in total. The molecule has 0 atom stereocenters. The van der Waals surface area contributed by atoms with Crippen molar-refractivity contribution in [3.63, 3.8) is 0 Å². The van der Waals surface area contributed by atoms with Crippen molar-refractivity contribution in [2.45, 2.75) is 19.9 Å². The van der Waals surface area contributed by atoms with E-state index in [1.54, 1.807) is 16.3 Å². The van der Waals surface area contributed by atoms with Gasteiger partial charge in [0.1, 0.15) is 12.1 Å². The normalized spacial score (nSPS) is 11.0. The van der Waals surface area contributed by atoms with Crippen LogP contribution in [0.4, 0.5) is 5.95 Å². The lowest BCUT2D eigenvalue weighted by Crippen LogP contribution is -2.15. The van der Waals surface area contributed by atoms with Crippen molar-refractivity contribution in [3.8, 4) is 0 Å². The van der Waals surface area contributed by atoms with Gasteiger partial charge < -0.3 is 10.5 Å². The molecule has 0 unspecified atom stereocenters. The Morgan fingerprint density at radius 2 is 2.24 bits per heavy atom. The lowest BCUT2D eigenvalue weighted by atomic mass is 10.3. The van der Waals surface area contributed by atoms with E-state index < -0.39 is 0 Å². The lowest BCUT2D eigenvalue weighted by Gasteiger charge is -2.04. The second kappa shape index (κ2) is 4.08. The van der Waals surface area contributed by atoms with Crippen molar-refractivity contribution < 1.29 is 9.53 Å². The number of hydrogen-bond donors (Lipinski definition) is 1. The molecule has 2 heterocycles. The maximum absolute atomic E-state index is 11.3. The number of esters is 1. The molecule has 0 spiro atoms. The molecule has 0 fully saturated rings. The van der Waals surface area contributed by atoms with E-state index in [0.717, 1.165) is 23.3 Å². The Morgan fingerprint density at radius 3 is 2.82 bits per heavy atom. The first-order valence-corrected chi connectivity index (χ1v) is 5.32. The Labute approximate surface area is 98.2 Å².